The molecule has 0 aliphatic carbocycles. The van der Waals surface area contributed by atoms with Crippen molar-refractivity contribution in [2.75, 3.05) is 0 Å². The normalized spacial score (nSPS) is 11.9. The van der Waals surface area contributed by atoms with Gasteiger partial charge in [0.25, 0.3) is 5.91 Å². The van der Waals surface area contributed by atoms with Crippen molar-refractivity contribution in [3.8, 4) is 5.75 Å². The Bertz CT molecular complexity index is 1060. The zero-order valence-electron chi connectivity index (χ0n) is 17.0. The summed E-state index contributed by atoms with van der Waals surface area (Å²) in [6, 6.07) is 33.8. The highest BCUT2D eigenvalue weighted by Crippen LogP contribution is 2.27. The van der Waals surface area contributed by atoms with E-state index in [9.17, 15) is 4.79 Å². The lowest BCUT2D eigenvalue weighted by molar-refractivity contribution is -0.128. The summed E-state index contributed by atoms with van der Waals surface area (Å²) in [6.45, 7) is 1.97. The van der Waals surface area contributed by atoms with Crippen LogP contribution in [0.1, 0.15) is 30.5 Å². The van der Waals surface area contributed by atoms with Gasteiger partial charge in [0.2, 0.25) is 0 Å². The summed E-state index contributed by atoms with van der Waals surface area (Å²) in [5, 5.41) is 5.31. The van der Waals surface area contributed by atoms with Gasteiger partial charge >= 0.3 is 0 Å². The third-order valence-corrected chi connectivity index (χ3v) is 5.23. The zero-order valence-corrected chi connectivity index (χ0v) is 17.0. The van der Waals surface area contributed by atoms with Gasteiger partial charge in [0.05, 0.1) is 6.04 Å². The van der Waals surface area contributed by atoms with Crippen LogP contribution in [0.3, 0.4) is 0 Å². The van der Waals surface area contributed by atoms with Gasteiger partial charge in [-0.25, -0.2) is 0 Å². The number of hydrogen-bond acceptors (Lipinski definition) is 2. The van der Waals surface area contributed by atoms with E-state index in [2.05, 4.69) is 5.32 Å². The standard InChI is InChI=1S/C27H25NO2/c1-2-24(30-25-19-11-17-20-12-9-10-18-23(20)25)27(29)28-26(21-13-5-3-6-14-21)22-15-7-4-8-16-22/h3-19,24,26H,2H2,1H3,(H,28,29)/t24-/m0/s1. The summed E-state index contributed by atoms with van der Waals surface area (Å²) in [4.78, 5) is 13.2. The summed E-state index contributed by atoms with van der Waals surface area (Å²) in [5.74, 6) is 0.606. The van der Waals surface area contributed by atoms with Crippen LogP contribution < -0.4 is 10.1 Å². The van der Waals surface area contributed by atoms with Crippen LogP contribution in [0.4, 0.5) is 0 Å². The van der Waals surface area contributed by atoms with Gasteiger partial charge in [-0.2, -0.15) is 0 Å². The molecule has 4 rings (SSSR count). The Morgan fingerprint density at radius 2 is 1.33 bits per heavy atom. The largest absolute Gasteiger partial charge is 0.480 e. The van der Waals surface area contributed by atoms with E-state index in [1.54, 1.807) is 0 Å². The highest BCUT2D eigenvalue weighted by molar-refractivity contribution is 5.89. The number of carbonyl (C=O) groups is 1. The molecule has 0 radical (unpaired) electrons. The minimum atomic E-state index is -0.578. The topological polar surface area (TPSA) is 38.3 Å². The molecule has 0 unspecified atom stereocenters. The maximum atomic E-state index is 13.2. The van der Waals surface area contributed by atoms with Crippen molar-refractivity contribution in [3.63, 3.8) is 0 Å². The molecule has 0 bridgehead atoms. The Morgan fingerprint density at radius 1 is 0.767 bits per heavy atom. The molecule has 0 saturated heterocycles. The second kappa shape index (κ2) is 9.27. The molecule has 0 saturated carbocycles. The summed E-state index contributed by atoms with van der Waals surface area (Å²) in [5.41, 5.74) is 2.08. The predicted octanol–water partition coefficient (Wildman–Crippen LogP) is 5.90. The number of rotatable bonds is 7. The predicted molar refractivity (Wildman–Crippen MR) is 122 cm³/mol. The Balaban J connectivity index is 1.59. The van der Waals surface area contributed by atoms with Gasteiger partial charge < -0.3 is 10.1 Å². The van der Waals surface area contributed by atoms with Crippen molar-refractivity contribution in [2.24, 2.45) is 0 Å². The number of carbonyl (C=O) groups excluding carboxylic acids is 1. The van der Waals surface area contributed by atoms with Crippen molar-refractivity contribution in [2.45, 2.75) is 25.5 Å². The van der Waals surface area contributed by atoms with Crippen molar-refractivity contribution in [1.29, 1.82) is 0 Å². The molecule has 30 heavy (non-hydrogen) atoms. The molecule has 1 atom stereocenters. The third kappa shape index (κ3) is 4.36. The fraction of sp³-hybridized carbons (Fsp3) is 0.148. The molecule has 0 heterocycles. The molecule has 0 aliphatic rings. The summed E-state index contributed by atoms with van der Waals surface area (Å²) in [7, 11) is 0. The third-order valence-electron chi connectivity index (χ3n) is 5.23. The summed E-state index contributed by atoms with van der Waals surface area (Å²) >= 11 is 0. The lowest BCUT2D eigenvalue weighted by atomic mass is 9.98. The fourth-order valence-electron chi connectivity index (χ4n) is 3.66. The van der Waals surface area contributed by atoms with Gasteiger partial charge in [-0.05, 0) is 29.0 Å². The van der Waals surface area contributed by atoms with Crippen LogP contribution in [0, 0.1) is 0 Å². The molecule has 0 aromatic heterocycles. The Morgan fingerprint density at radius 3 is 1.97 bits per heavy atom. The minimum absolute atomic E-state index is 0.122. The van der Waals surface area contributed by atoms with Gasteiger partial charge in [-0.3, -0.25) is 4.79 Å². The summed E-state index contributed by atoms with van der Waals surface area (Å²) < 4.78 is 6.20. The van der Waals surface area contributed by atoms with Crippen LogP contribution in [-0.2, 0) is 4.79 Å². The molecule has 4 aromatic rings. The van der Waals surface area contributed by atoms with Crippen molar-refractivity contribution in [3.05, 3.63) is 114 Å². The zero-order chi connectivity index (χ0) is 20.8. The first-order chi connectivity index (χ1) is 14.8. The first kappa shape index (κ1) is 19.7. The van der Waals surface area contributed by atoms with Gasteiger partial charge in [0.1, 0.15) is 5.75 Å². The monoisotopic (exact) mass is 395 g/mol. The smallest absolute Gasteiger partial charge is 0.261 e. The number of fused-ring (bicyclic) bond motifs is 1. The molecule has 150 valence electrons. The van der Waals surface area contributed by atoms with E-state index in [0.29, 0.717) is 6.42 Å². The number of hydrogen-bond donors (Lipinski definition) is 1. The van der Waals surface area contributed by atoms with Crippen LogP contribution in [0.25, 0.3) is 10.8 Å². The molecule has 1 N–H and O–H groups in total. The van der Waals surface area contributed by atoms with E-state index in [4.69, 9.17) is 4.74 Å². The van der Waals surface area contributed by atoms with E-state index in [1.165, 1.54) is 0 Å². The van der Waals surface area contributed by atoms with E-state index in [1.807, 2.05) is 110 Å². The van der Waals surface area contributed by atoms with Crippen LogP contribution in [0.15, 0.2) is 103 Å². The maximum Gasteiger partial charge on any atom is 0.261 e. The maximum absolute atomic E-state index is 13.2. The van der Waals surface area contributed by atoms with Crippen LogP contribution in [0.5, 0.6) is 5.75 Å². The number of ether oxygens (including phenoxy) is 1. The Hall–Kier alpha value is -3.59. The van der Waals surface area contributed by atoms with Crippen LogP contribution >= 0.6 is 0 Å². The second-order valence-corrected chi connectivity index (χ2v) is 7.25. The molecule has 0 aliphatic heterocycles. The van der Waals surface area contributed by atoms with Crippen LogP contribution in [-0.4, -0.2) is 12.0 Å². The molecule has 0 fully saturated rings. The molecule has 0 spiro atoms. The quantitative estimate of drug-likeness (QED) is 0.423. The molecular weight excluding hydrogens is 370 g/mol. The Labute approximate surface area is 177 Å². The van der Waals surface area contributed by atoms with Crippen molar-refractivity contribution in [1.82, 2.24) is 5.32 Å². The molecule has 4 aromatic carbocycles. The van der Waals surface area contributed by atoms with E-state index in [-0.39, 0.29) is 11.9 Å². The lowest BCUT2D eigenvalue weighted by Gasteiger charge is -2.24. The minimum Gasteiger partial charge on any atom is -0.480 e. The number of benzene rings is 4. The average molecular weight is 396 g/mol. The molecular formula is C27H25NO2. The summed E-state index contributed by atoms with van der Waals surface area (Å²) in [6.07, 6.45) is -0.00327. The highest BCUT2D eigenvalue weighted by Gasteiger charge is 2.24. The lowest BCUT2D eigenvalue weighted by Crippen LogP contribution is -2.40. The van der Waals surface area contributed by atoms with E-state index >= 15 is 0 Å². The molecule has 3 nitrogen and oxygen atoms in total. The van der Waals surface area contributed by atoms with E-state index in [0.717, 1.165) is 27.6 Å². The molecule has 1 amide bonds. The molecule has 3 heteroatoms. The van der Waals surface area contributed by atoms with Gasteiger partial charge in [0.15, 0.2) is 6.10 Å². The fourth-order valence-corrected chi connectivity index (χ4v) is 3.66. The van der Waals surface area contributed by atoms with Crippen LogP contribution in [0.2, 0.25) is 0 Å². The number of nitrogens with one attached hydrogen (secondary N) is 1. The van der Waals surface area contributed by atoms with Crippen molar-refractivity contribution >= 4 is 16.7 Å². The first-order valence-corrected chi connectivity index (χ1v) is 10.3. The van der Waals surface area contributed by atoms with Gasteiger partial charge in [0, 0.05) is 5.39 Å². The van der Waals surface area contributed by atoms with Gasteiger partial charge in [-0.1, -0.05) is 104 Å². The second-order valence-electron chi connectivity index (χ2n) is 7.25. The number of amides is 1. The van der Waals surface area contributed by atoms with E-state index < -0.39 is 6.10 Å². The SMILES string of the molecule is CC[C@H](Oc1cccc2ccccc12)C(=O)NC(c1ccccc1)c1ccccc1. The average Bonchev–Trinajstić information content (AvgIpc) is 2.82. The van der Waals surface area contributed by atoms with Gasteiger partial charge in [-0.15, -0.1) is 0 Å². The van der Waals surface area contributed by atoms with Crippen molar-refractivity contribution < 1.29 is 9.53 Å². The Kier molecular flexibility index (Phi) is 6.09. The first-order valence-electron chi connectivity index (χ1n) is 10.3. The highest BCUT2D eigenvalue weighted by atomic mass is 16.5.